The third kappa shape index (κ3) is 2.98. The van der Waals surface area contributed by atoms with Gasteiger partial charge < -0.3 is 5.11 Å². The molecule has 2 aromatic rings. The monoisotopic (exact) mass is 254 g/mol. The summed E-state index contributed by atoms with van der Waals surface area (Å²) in [6.45, 7) is 6.51. The zero-order valence-corrected chi connectivity index (χ0v) is 12.0. The van der Waals surface area contributed by atoms with E-state index in [1.165, 1.54) is 27.8 Å². The van der Waals surface area contributed by atoms with Gasteiger partial charge in [0.15, 0.2) is 0 Å². The van der Waals surface area contributed by atoms with Crippen molar-refractivity contribution >= 4 is 0 Å². The van der Waals surface area contributed by atoms with Crippen LogP contribution in [0.25, 0.3) is 11.1 Å². The van der Waals surface area contributed by atoms with Crippen LogP contribution in [0.2, 0.25) is 0 Å². The van der Waals surface area contributed by atoms with Crippen molar-refractivity contribution in [1.82, 2.24) is 0 Å². The minimum Gasteiger partial charge on any atom is -0.508 e. The Kier molecular flexibility index (Phi) is 4.26. The van der Waals surface area contributed by atoms with E-state index in [0.29, 0.717) is 5.75 Å². The van der Waals surface area contributed by atoms with Gasteiger partial charge in [0.2, 0.25) is 0 Å². The fourth-order valence-corrected chi connectivity index (χ4v) is 2.48. The van der Waals surface area contributed by atoms with Gasteiger partial charge in [-0.3, -0.25) is 0 Å². The number of hydrogen-bond acceptors (Lipinski definition) is 1. The molecule has 0 saturated carbocycles. The summed E-state index contributed by atoms with van der Waals surface area (Å²) in [4.78, 5) is 0. The first-order chi connectivity index (χ1) is 9.17. The van der Waals surface area contributed by atoms with Crippen molar-refractivity contribution in [3.63, 3.8) is 0 Å². The molecule has 0 saturated heterocycles. The van der Waals surface area contributed by atoms with Crippen molar-refractivity contribution in [2.75, 3.05) is 0 Å². The molecule has 0 aromatic heterocycles. The van der Waals surface area contributed by atoms with Crippen LogP contribution in [-0.4, -0.2) is 5.11 Å². The minimum absolute atomic E-state index is 0.350. The zero-order chi connectivity index (χ0) is 13.8. The molecule has 0 bridgehead atoms. The summed E-state index contributed by atoms with van der Waals surface area (Å²) < 4.78 is 0. The first-order valence-corrected chi connectivity index (χ1v) is 7.13. The van der Waals surface area contributed by atoms with Crippen molar-refractivity contribution in [2.45, 2.75) is 40.0 Å². The smallest absolute Gasteiger partial charge is 0.115 e. The lowest BCUT2D eigenvalue weighted by atomic mass is 9.93. The Morgan fingerprint density at radius 2 is 1.42 bits per heavy atom. The van der Waals surface area contributed by atoms with Crippen LogP contribution in [0.3, 0.4) is 0 Å². The molecule has 0 aliphatic carbocycles. The maximum Gasteiger partial charge on any atom is 0.115 e. The second-order valence-corrected chi connectivity index (χ2v) is 4.94. The number of benzene rings is 2. The lowest BCUT2D eigenvalue weighted by Gasteiger charge is -2.12. The van der Waals surface area contributed by atoms with Gasteiger partial charge in [-0.25, -0.2) is 0 Å². The second-order valence-electron chi connectivity index (χ2n) is 4.94. The SMILES string of the molecule is CCc1cc(CC)cc(-c2ccc(O)cc2CC)c1. The summed E-state index contributed by atoms with van der Waals surface area (Å²) in [5, 5.41) is 9.62. The van der Waals surface area contributed by atoms with Crippen LogP contribution in [0.15, 0.2) is 36.4 Å². The van der Waals surface area contributed by atoms with Gasteiger partial charge >= 0.3 is 0 Å². The first kappa shape index (κ1) is 13.7. The van der Waals surface area contributed by atoms with Crippen LogP contribution in [0, 0.1) is 0 Å². The molecular formula is C18H22O. The van der Waals surface area contributed by atoms with Crippen molar-refractivity contribution in [3.8, 4) is 16.9 Å². The summed E-state index contributed by atoms with van der Waals surface area (Å²) in [5.74, 6) is 0.350. The molecular weight excluding hydrogens is 232 g/mol. The van der Waals surface area contributed by atoms with E-state index >= 15 is 0 Å². The highest BCUT2D eigenvalue weighted by atomic mass is 16.3. The lowest BCUT2D eigenvalue weighted by Crippen LogP contribution is -1.92. The first-order valence-electron chi connectivity index (χ1n) is 7.13. The molecule has 0 atom stereocenters. The molecule has 1 heteroatoms. The molecule has 0 fully saturated rings. The Bertz CT molecular complexity index is 548. The third-order valence-corrected chi connectivity index (χ3v) is 3.65. The highest BCUT2D eigenvalue weighted by Crippen LogP contribution is 2.29. The van der Waals surface area contributed by atoms with Gasteiger partial charge in [-0.2, -0.15) is 0 Å². The molecule has 2 aromatic carbocycles. The van der Waals surface area contributed by atoms with Gasteiger partial charge in [-0.1, -0.05) is 45.0 Å². The Morgan fingerprint density at radius 1 is 0.789 bits per heavy atom. The van der Waals surface area contributed by atoms with Gasteiger partial charge in [0, 0.05) is 0 Å². The molecule has 0 aliphatic rings. The zero-order valence-electron chi connectivity index (χ0n) is 12.0. The molecule has 1 nitrogen and oxygen atoms in total. The van der Waals surface area contributed by atoms with Crippen LogP contribution in [0.5, 0.6) is 5.75 Å². The highest BCUT2D eigenvalue weighted by molar-refractivity contribution is 5.70. The third-order valence-electron chi connectivity index (χ3n) is 3.65. The Hall–Kier alpha value is -1.76. The van der Waals surface area contributed by atoms with E-state index in [1.54, 1.807) is 6.07 Å². The maximum atomic E-state index is 9.62. The molecule has 100 valence electrons. The van der Waals surface area contributed by atoms with E-state index in [9.17, 15) is 5.11 Å². The van der Waals surface area contributed by atoms with E-state index in [1.807, 2.05) is 12.1 Å². The molecule has 0 aliphatic heterocycles. The van der Waals surface area contributed by atoms with E-state index in [0.717, 1.165) is 19.3 Å². The highest BCUT2D eigenvalue weighted by Gasteiger charge is 2.07. The number of hydrogen-bond donors (Lipinski definition) is 1. The lowest BCUT2D eigenvalue weighted by molar-refractivity contribution is 0.474. The number of phenols is 1. The van der Waals surface area contributed by atoms with Crippen molar-refractivity contribution in [1.29, 1.82) is 0 Å². The normalized spacial score (nSPS) is 10.7. The molecule has 19 heavy (non-hydrogen) atoms. The fraction of sp³-hybridized carbons (Fsp3) is 0.333. The molecule has 0 unspecified atom stereocenters. The largest absolute Gasteiger partial charge is 0.508 e. The van der Waals surface area contributed by atoms with E-state index < -0.39 is 0 Å². The maximum absolute atomic E-state index is 9.62. The fourth-order valence-electron chi connectivity index (χ4n) is 2.48. The molecule has 0 amide bonds. The van der Waals surface area contributed by atoms with Crippen LogP contribution >= 0.6 is 0 Å². The molecule has 0 radical (unpaired) electrons. The van der Waals surface area contributed by atoms with Crippen LogP contribution in [-0.2, 0) is 19.3 Å². The molecule has 1 N–H and O–H groups in total. The molecule has 2 rings (SSSR count). The summed E-state index contributed by atoms with van der Waals surface area (Å²) in [7, 11) is 0. The Morgan fingerprint density at radius 3 is 1.95 bits per heavy atom. The van der Waals surface area contributed by atoms with Crippen LogP contribution < -0.4 is 0 Å². The average molecular weight is 254 g/mol. The standard InChI is InChI=1S/C18H22O/c1-4-13-9-14(5-2)11-16(10-13)18-8-7-17(19)12-15(18)6-3/h7-12,19H,4-6H2,1-3H3. The van der Waals surface area contributed by atoms with Crippen LogP contribution in [0.4, 0.5) is 0 Å². The topological polar surface area (TPSA) is 20.2 Å². The number of phenolic OH excluding ortho intramolecular Hbond substituents is 1. The van der Waals surface area contributed by atoms with Gasteiger partial charge in [0.05, 0.1) is 0 Å². The van der Waals surface area contributed by atoms with E-state index in [-0.39, 0.29) is 0 Å². The second kappa shape index (κ2) is 5.92. The summed E-state index contributed by atoms with van der Waals surface area (Å²) in [6.07, 6.45) is 3.04. The Labute approximate surface area is 115 Å². The number of aromatic hydroxyl groups is 1. The summed E-state index contributed by atoms with van der Waals surface area (Å²) in [5.41, 5.74) is 6.47. The van der Waals surface area contributed by atoms with E-state index in [4.69, 9.17) is 0 Å². The quantitative estimate of drug-likeness (QED) is 0.835. The molecule has 0 spiro atoms. The number of aryl methyl sites for hydroxylation is 3. The van der Waals surface area contributed by atoms with E-state index in [2.05, 4.69) is 39.0 Å². The Balaban J connectivity index is 2.57. The minimum atomic E-state index is 0.350. The summed E-state index contributed by atoms with van der Waals surface area (Å²) in [6, 6.07) is 12.5. The molecule has 0 heterocycles. The number of rotatable bonds is 4. The van der Waals surface area contributed by atoms with Gasteiger partial charge in [-0.15, -0.1) is 0 Å². The predicted molar refractivity (Wildman–Crippen MR) is 81.7 cm³/mol. The summed E-state index contributed by atoms with van der Waals surface area (Å²) >= 11 is 0. The van der Waals surface area contributed by atoms with Crippen molar-refractivity contribution in [3.05, 3.63) is 53.1 Å². The van der Waals surface area contributed by atoms with Gasteiger partial charge in [0.25, 0.3) is 0 Å². The van der Waals surface area contributed by atoms with Crippen molar-refractivity contribution in [2.24, 2.45) is 0 Å². The predicted octanol–water partition coefficient (Wildman–Crippen LogP) is 4.75. The van der Waals surface area contributed by atoms with Crippen LogP contribution in [0.1, 0.15) is 37.5 Å². The van der Waals surface area contributed by atoms with Gasteiger partial charge in [0.1, 0.15) is 5.75 Å². The van der Waals surface area contributed by atoms with Gasteiger partial charge in [-0.05, 0) is 59.2 Å². The van der Waals surface area contributed by atoms with Crippen molar-refractivity contribution < 1.29 is 5.11 Å². The average Bonchev–Trinajstić information content (AvgIpc) is 2.46.